The molecule has 0 fully saturated rings. The van der Waals surface area contributed by atoms with Crippen molar-refractivity contribution in [3.05, 3.63) is 17.5 Å². The van der Waals surface area contributed by atoms with E-state index >= 15 is 0 Å². The first-order valence-electron chi connectivity index (χ1n) is 5.96. The zero-order valence-electron chi connectivity index (χ0n) is 11.0. The molecule has 1 rings (SSSR count). The fourth-order valence-corrected chi connectivity index (χ4v) is 2.35. The van der Waals surface area contributed by atoms with Crippen LogP contribution in [0.15, 0.2) is 6.07 Å². The van der Waals surface area contributed by atoms with Gasteiger partial charge >= 0.3 is 0 Å². The number of nitrogens with zero attached hydrogens (tertiary/aromatic N) is 2. The molecule has 0 spiro atoms. The molecule has 0 radical (unpaired) electrons. The van der Waals surface area contributed by atoms with Crippen LogP contribution in [0.4, 0.5) is 0 Å². The van der Waals surface area contributed by atoms with Crippen molar-refractivity contribution in [2.75, 3.05) is 5.88 Å². The lowest BCUT2D eigenvalue weighted by Gasteiger charge is -2.28. The van der Waals surface area contributed by atoms with Gasteiger partial charge in [0.15, 0.2) is 0 Å². The minimum Gasteiger partial charge on any atom is -0.272 e. The molecular weight excluding hydrogens is 220 g/mol. The molecule has 1 atom stereocenters. The normalized spacial score (nSPS) is 14.1. The Bertz CT molecular complexity index is 336. The maximum absolute atomic E-state index is 6.07. The van der Waals surface area contributed by atoms with Gasteiger partial charge in [-0.2, -0.15) is 5.10 Å². The molecular formula is C13H23ClN2. The molecule has 3 heteroatoms. The summed E-state index contributed by atoms with van der Waals surface area (Å²) in [6.45, 7) is 8.88. The summed E-state index contributed by atoms with van der Waals surface area (Å²) in [6.07, 6.45) is 2.01. The standard InChI is InChI=1S/C13H23ClN2/c1-6-11-8-12(16(5)15-11)7-10(9-14)13(2,3)4/h8,10H,6-7,9H2,1-5H3. The Morgan fingerprint density at radius 2 is 2.06 bits per heavy atom. The quantitative estimate of drug-likeness (QED) is 0.740. The maximum atomic E-state index is 6.07. The van der Waals surface area contributed by atoms with Crippen LogP contribution >= 0.6 is 11.6 Å². The van der Waals surface area contributed by atoms with E-state index in [0.29, 0.717) is 11.8 Å². The van der Waals surface area contributed by atoms with Crippen LogP contribution in [-0.2, 0) is 19.9 Å². The minimum atomic E-state index is 0.248. The average Bonchev–Trinajstić information content (AvgIpc) is 2.54. The first-order valence-corrected chi connectivity index (χ1v) is 6.49. The Hall–Kier alpha value is -0.500. The number of aromatic nitrogens is 2. The van der Waals surface area contributed by atoms with E-state index in [0.717, 1.165) is 12.8 Å². The SMILES string of the molecule is CCc1cc(CC(CCl)C(C)(C)C)n(C)n1. The maximum Gasteiger partial charge on any atom is 0.0624 e. The number of alkyl halides is 1. The van der Waals surface area contributed by atoms with E-state index < -0.39 is 0 Å². The number of hydrogen-bond acceptors (Lipinski definition) is 1. The molecule has 92 valence electrons. The van der Waals surface area contributed by atoms with Gasteiger partial charge < -0.3 is 0 Å². The van der Waals surface area contributed by atoms with Gasteiger partial charge in [0.1, 0.15) is 0 Å². The van der Waals surface area contributed by atoms with Gasteiger partial charge in [-0.15, -0.1) is 11.6 Å². The fraction of sp³-hybridized carbons (Fsp3) is 0.769. The van der Waals surface area contributed by atoms with Crippen LogP contribution in [0.25, 0.3) is 0 Å². The van der Waals surface area contributed by atoms with Crippen molar-refractivity contribution in [3.63, 3.8) is 0 Å². The highest BCUT2D eigenvalue weighted by Gasteiger charge is 2.25. The van der Waals surface area contributed by atoms with Crippen LogP contribution in [-0.4, -0.2) is 15.7 Å². The molecule has 0 bridgehead atoms. The van der Waals surface area contributed by atoms with E-state index in [1.165, 1.54) is 11.4 Å². The van der Waals surface area contributed by atoms with Crippen molar-refractivity contribution in [2.24, 2.45) is 18.4 Å². The predicted molar refractivity (Wildman–Crippen MR) is 70.0 cm³/mol. The highest BCUT2D eigenvalue weighted by molar-refractivity contribution is 6.18. The molecule has 1 unspecified atom stereocenters. The number of aryl methyl sites for hydroxylation is 2. The van der Waals surface area contributed by atoms with Gasteiger partial charge in [0.2, 0.25) is 0 Å². The molecule has 0 N–H and O–H groups in total. The van der Waals surface area contributed by atoms with Crippen LogP contribution in [0.1, 0.15) is 39.1 Å². The molecule has 0 saturated heterocycles. The van der Waals surface area contributed by atoms with Gasteiger partial charge in [-0.3, -0.25) is 4.68 Å². The molecule has 16 heavy (non-hydrogen) atoms. The zero-order valence-corrected chi connectivity index (χ0v) is 11.8. The first-order chi connectivity index (χ1) is 7.38. The molecule has 0 aliphatic carbocycles. The minimum absolute atomic E-state index is 0.248. The number of rotatable bonds is 4. The zero-order chi connectivity index (χ0) is 12.3. The second-order valence-corrected chi connectivity index (χ2v) is 5.83. The lowest BCUT2D eigenvalue weighted by molar-refractivity contribution is 0.260. The monoisotopic (exact) mass is 242 g/mol. The van der Waals surface area contributed by atoms with Crippen LogP contribution in [0.5, 0.6) is 0 Å². The van der Waals surface area contributed by atoms with Gasteiger partial charge in [0.05, 0.1) is 5.69 Å². The van der Waals surface area contributed by atoms with Crippen LogP contribution < -0.4 is 0 Å². The van der Waals surface area contributed by atoms with Crippen LogP contribution in [0, 0.1) is 11.3 Å². The van der Waals surface area contributed by atoms with Crippen molar-refractivity contribution in [1.82, 2.24) is 9.78 Å². The van der Waals surface area contributed by atoms with E-state index in [-0.39, 0.29) is 5.41 Å². The smallest absolute Gasteiger partial charge is 0.0624 e. The summed E-state index contributed by atoms with van der Waals surface area (Å²) in [5, 5.41) is 4.47. The molecule has 0 aromatic carbocycles. The Balaban J connectivity index is 2.82. The summed E-state index contributed by atoms with van der Waals surface area (Å²) < 4.78 is 1.99. The second kappa shape index (κ2) is 5.22. The molecule has 1 heterocycles. The Morgan fingerprint density at radius 3 is 2.44 bits per heavy atom. The first kappa shape index (κ1) is 13.6. The third kappa shape index (κ3) is 3.24. The van der Waals surface area contributed by atoms with Crippen molar-refractivity contribution < 1.29 is 0 Å². The summed E-state index contributed by atoms with van der Waals surface area (Å²) >= 11 is 6.07. The van der Waals surface area contributed by atoms with Gasteiger partial charge in [0, 0.05) is 18.6 Å². The number of hydrogen-bond donors (Lipinski definition) is 0. The van der Waals surface area contributed by atoms with E-state index in [2.05, 4.69) is 38.9 Å². The van der Waals surface area contributed by atoms with Crippen molar-refractivity contribution in [2.45, 2.75) is 40.5 Å². The summed E-state index contributed by atoms with van der Waals surface area (Å²) in [5.41, 5.74) is 2.70. The molecule has 2 nitrogen and oxygen atoms in total. The summed E-state index contributed by atoms with van der Waals surface area (Å²) in [7, 11) is 2.02. The Kier molecular flexibility index (Phi) is 4.43. The third-order valence-corrected chi connectivity index (χ3v) is 3.63. The average molecular weight is 243 g/mol. The van der Waals surface area contributed by atoms with Crippen LogP contribution in [0.3, 0.4) is 0 Å². The second-order valence-electron chi connectivity index (χ2n) is 5.53. The van der Waals surface area contributed by atoms with Gasteiger partial charge in [-0.25, -0.2) is 0 Å². The van der Waals surface area contributed by atoms with E-state index in [1.54, 1.807) is 0 Å². The Morgan fingerprint density at radius 1 is 1.44 bits per heavy atom. The highest BCUT2D eigenvalue weighted by atomic mass is 35.5. The predicted octanol–water partition coefficient (Wildman–Crippen LogP) is 3.43. The summed E-state index contributed by atoms with van der Waals surface area (Å²) in [5.74, 6) is 1.20. The molecule has 1 aromatic heterocycles. The fourth-order valence-electron chi connectivity index (χ4n) is 1.78. The molecule has 0 aliphatic rings. The molecule has 0 aliphatic heterocycles. The lowest BCUT2D eigenvalue weighted by atomic mass is 9.79. The summed E-state index contributed by atoms with van der Waals surface area (Å²) in [4.78, 5) is 0. The van der Waals surface area contributed by atoms with E-state index in [1.807, 2.05) is 11.7 Å². The van der Waals surface area contributed by atoms with Gasteiger partial charge in [-0.05, 0) is 30.2 Å². The number of halogens is 1. The van der Waals surface area contributed by atoms with Crippen molar-refractivity contribution >= 4 is 11.6 Å². The third-order valence-electron chi connectivity index (χ3n) is 3.26. The molecule has 1 aromatic rings. The largest absolute Gasteiger partial charge is 0.272 e. The highest BCUT2D eigenvalue weighted by Crippen LogP contribution is 2.30. The van der Waals surface area contributed by atoms with Gasteiger partial charge in [-0.1, -0.05) is 27.7 Å². The Labute approximate surface area is 104 Å². The molecule has 0 saturated carbocycles. The van der Waals surface area contributed by atoms with Crippen LogP contribution in [0.2, 0.25) is 0 Å². The molecule has 0 amide bonds. The summed E-state index contributed by atoms with van der Waals surface area (Å²) in [6, 6.07) is 2.20. The van der Waals surface area contributed by atoms with E-state index in [9.17, 15) is 0 Å². The lowest BCUT2D eigenvalue weighted by Crippen LogP contribution is -2.25. The topological polar surface area (TPSA) is 17.8 Å². The van der Waals surface area contributed by atoms with E-state index in [4.69, 9.17) is 11.6 Å². The van der Waals surface area contributed by atoms with Gasteiger partial charge in [0.25, 0.3) is 0 Å². The van der Waals surface area contributed by atoms with Crippen molar-refractivity contribution in [3.8, 4) is 0 Å². The van der Waals surface area contributed by atoms with Crippen molar-refractivity contribution in [1.29, 1.82) is 0 Å².